The molecular weight excluding hydrogens is 489 g/mol. The van der Waals surface area contributed by atoms with Gasteiger partial charge in [0.25, 0.3) is 11.8 Å². The quantitative estimate of drug-likeness (QED) is 0.314. The molecule has 0 saturated carbocycles. The first-order valence-electron chi connectivity index (χ1n) is 8.76. The smallest absolute Gasteiger partial charge is 0.269 e. The highest BCUT2D eigenvalue weighted by Gasteiger charge is 2.12. The second-order valence-electron chi connectivity index (χ2n) is 6.40. The van der Waals surface area contributed by atoms with Gasteiger partial charge in [-0.15, -0.1) is 0 Å². The predicted molar refractivity (Wildman–Crippen MR) is 121 cm³/mol. The maximum Gasteiger partial charge on any atom is 0.269 e. The zero-order valence-electron chi connectivity index (χ0n) is 15.6. The Kier molecular flexibility index (Phi) is 8.65. The van der Waals surface area contributed by atoms with Crippen LogP contribution in [0.15, 0.2) is 48.5 Å². The summed E-state index contributed by atoms with van der Waals surface area (Å²) in [5.74, 6) is 0.565. The van der Waals surface area contributed by atoms with Crippen molar-refractivity contribution in [3.8, 4) is 5.75 Å². The molecule has 0 heterocycles. The van der Waals surface area contributed by atoms with Gasteiger partial charge in [-0.1, -0.05) is 26.0 Å². The number of ether oxygens (including phenoxy) is 1. The molecule has 2 aromatic rings. The van der Waals surface area contributed by atoms with Crippen molar-refractivity contribution < 1.29 is 14.3 Å². The lowest BCUT2D eigenvalue weighted by atomic mass is 10.1. The van der Waals surface area contributed by atoms with E-state index in [-0.39, 0.29) is 16.9 Å². The van der Waals surface area contributed by atoms with Crippen LogP contribution in [0, 0.1) is 9.49 Å². The van der Waals surface area contributed by atoms with Gasteiger partial charge in [-0.2, -0.15) is 0 Å². The lowest BCUT2D eigenvalue weighted by Gasteiger charge is -2.12. The summed E-state index contributed by atoms with van der Waals surface area (Å²) in [7, 11) is 0. The summed E-state index contributed by atoms with van der Waals surface area (Å²) in [6.45, 7) is 4.91. The van der Waals surface area contributed by atoms with Gasteiger partial charge in [-0.3, -0.25) is 25.8 Å². The van der Waals surface area contributed by atoms with Crippen LogP contribution in [0.3, 0.4) is 0 Å². The number of nitrogens with one attached hydrogen (secondary N) is 3. The summed E-state index contributed by atoms with van der Waals surface area (Å²) < 4.78 is 6.43. The highest BCUT2D eigenvalue weighted by Crippen LogP contribution is 2.13. The first-order valence-corrected chi connectivity index (χ1v) is 10.2. The van der Waals surface area contributed by atoms with Crippen LogP contribution >= 0.6 is 34.8 Å². The molecule has 0 aliphatic rings. The van der Waals surface area contributed by atoms with E-state index in [0.717, 1.165) is 9.99 Å². The van der Waals surface area contributed by atoms with Gasteiger partial charge in [0.1, 0.15) is 5.75 Å². The molecule has 6 nitrogen and oxygen atoms in total. The molecule has 2 amide bonds. The van der Waals surface area contributed by atoms with Crippen LogP contribution in [0.5, 0.6) is 5.75 Å². The van der Waals surface area contributed by atoms with Gasteiger partial charge in [-0.25, -0.2) is 0 Å². The van der Waals surface area contributed by atoms with E-state index in [1.807, 2.05) is 12.1 Å². The zero-order chi connectivity index (χ0) is 20.5. The number of carbonyl (C=O) groups is 2. The van der Waals surface area contributed by atoms with Crippen LogP contribution in [-0.2, 0) is 0 Å². The first-order chi connectivity index (χ1) is 13.4. The Morgan fingerprint density at radius 2 is 1.71 bits per heavy atom. The third-order valence-electron chi connectivity index (χ3n) is 3.72. The Hall–Kier alpha value is -2.20. The highest BCUT2D eigenvalue weighted by molar-refractivity contribution is 14.1. The van der Waals surface area contributed by atoms with E-state index < -0.39 is 0 Å². The Morgan fingerprint density at radius 1 is 1.04 bits per heavy atom. The fraction of sp³-hybridized carbons (Fsp3) is 0.250. The first kappa shape index (κ1) is 22.1. The molecule has 0 atom stereocenters. The van der Waals surface area contributed by atoms with Gasteiger partial charge < -0.3 is 4.74 Å². The largest absolute Gasteiger partial charge is 0.494 e. The van der Waals surface area contributed by atoms with Crippen molar-refractivity contribution in [2.24, 2.45) is 5.92 Å². The normalized spacial score (nSPS) is 10.3. The number of hydrogen-bond donors (Lipinski definition) is 3. The molecule has 148 valence electrons. The predicted octanol–water partition coefficient (Wildman–Crippen LogP) is 3.67. The maximum absolute atomic E-state index is 12.2. The van der Waals surface area contributed by atoms with Crippen LogP contribution in [0.2, 0.25) is 0 Å². The van der Waals surface area contributed by atoms with Crippen molar-refractivity contribution in [1.82, 2.24) is 16.2 Å². The number of amides is 2. The van der Waals surface area contributed by atoms with Gasteiger partial charge in [0.15, 0.2) is 5.11 Å². The third kappa shape index (κ3) is 7.08. The van der Waals surface area contributed by atoms with Crippen LogP contribution < -0.4 is 20.9 Å². The van der Waals surface area contributed by atoms with Crippen molar-refractivity contribution >= 4 is 51.7 Å². The van der Waals surface area contributed by atoms with Gasteiger partial charge >= 0.3 is 0 Å². The number of carbonyl (C=O) groups excluding carboxylic acids is 2. The molecule has 2 aromatic carbocycles. The van der Waals surface area contributed by atoms with Gasteiger partial charge in [0, 0.05) is 9.13 Å². The maximum atomic E-state index is 12.2. The third-order valence-corrected chi connectivity index (χ3v) is 4.86. The van der Waals surface area contributed by atoms with Crippen molar-refractivity contribution in [1.29, 1.82) is 0 Å². The molecule has 0 aromatic heterocycles. The topological polar surface area (TPSA) is 79.5 Å². The number of hydrazine groups is 1. The minimum absolute atomic E-state index is 0.00615. The second kappa shape index (κ2) is 11.0. The number of rotatable bonds is 6. The molecule has 3 N–H and O–H groups in total. The van der Waals surface area contributed by atoms with Gasteiger partial charge in [-0.05, 0) is 83.5 Å². The monoisotopic (exact) mass is 511 g/mol. The molecule has 0 radical (unpaired) electrons. The van der Waals surface area contributed by atoms with Crippen LogP contribution in [0.4, 0.5) is 0 Å². The standard InChI is InChI=1S/C20H22IN3O3S/c1-13(2)11-12-27-15-9-7-14(8-10-15)18(25)23-24-20(28)22-19(26)16-5-3-4-6-17(16)21/h3-10,13H,11-12H2,1-2H3,(H,23,25)(H2,22,24,26,28). The Morgan fingerprint density at radius 3 is 2.36 bits per heavy atom. The van der Waals surface area contributed by atoms with E-state index in [2.05, 4.69) is 52.6 Å². The van der Waals surface area contributed by atoms with Gasteiger partial charge in [0.05, 0.1) is 12.2 Å². The number of benzene rings is 2. The lowest BCUT2D eigenvalue weighted by Crippen LogP contribution is -2.48. The molecule has 0 unspecified atom stereocenters. The van der Waals surface area contributed by atoms with E-state index >= 15 is 0 Å². The molecule has 0 aliphatic heterocycles. The second-order valence-corrected chi connectivity index (χ2v) is 7.97. The molecule has 0 fully saturated rings. The molecule has 0 saturated heterocycles. The van der Waals surface area contributed by atoms with E-state index in [1.165, 1.54) is 0 Å². The molecule has 8 heteroatoms. The van der Waals surface area contributed by atoms with E-state index in [4.69, 9.17) is 17.0 Å². The van der Waals surface area contributed by atoms with Crippen LogP contribution in [-0.4, -0.2) is 23.5 Å². The average Bonchev–Trinajstić information content (AvgIpc) is 2.66. The minimum atomic E-state index is -0.375. The van der Waals surface area contributed by atoms with E-state index in [1.54, 1.807) is 36.4 Å². The summed E-state index contributed by atoms with van der Waals surface area (Å²) in [5.41, 5.74) is 5.94. The lowest BCUT2D eigenvalue weighted by molar-refractivity contribution is 0.0934. The zero-order valence-corrected chi connectivity index (χ0v) is 18.6. The van der Waals surface area contributed by atoms with Crippen molar-refractivity contribution in [2.75, 3.05) is 6.61 Å². The van der Waals surface area contributed by atoms with E-state index in [0.29, 0.717) is 29.4 Å². The molecule has 0 spiro atoms. The van der Waals surface area contributed by atoms with Crippen LogP contribution in [0.1, 0.15) is 41.0 Å². The molecular formula is C20H22IN3O3S. The number of halogens is 1. The number of thiocarbonyl (C=S) groups is 1. The van der Waals surface area contributed by atoms with E-state index in [9.17, 15) is 9.59 Å². The van der Waals surface area contributed by atoms with Crippen LogP contribution in [0.25, 0.3) is 0 Å². The highest BCUT2D eigenvalue weighted by atomic mass is 127. The van der Waals surface area contributed by atoms with Crippen molar-refractivity contribution in [2.45, 2.75) is 20.3 Å². The SMILES string of the molecule is CC(C)CCOc1ccc(C(=O)NNC(=S)NC(=O)c2ccccc2I)cc1. The molecule has 0 bridgehead atoms. The summed E-state index contributed by atoms with van der Waals surface area (Å²) in [6, 6.07) is 13.9. The molecule has 0 aliphatic carbocycles. The molecule has 2 rings (SSSR count). The Bertz CT molecular complexity index is 841. The summed E-state index contributed by atoms with van der Waals surface area (Å²) in [4.78, 5) is 24.4. The van der Waals surface area contributed by atoms with Crippen molar-refractivity contribution in [3.05, 3.63) is 63.2 Å². The molecule has 28 heavy (non-hydrogen) atoms. The van der Waals surface area contributed by atoms with Gasteiger partial charge in [0.2, 0.25) is 0 Å². The van der Waals surface area contributed by atoms with Crippen molar-refractivity contribution in [3.63, 3.8) is 0 Å². The average molecular weight is 511 g/mol. The number of hydrogen-bond acceptors (Lipinski definition) is 4. The Labute approximate surface area is 183 Å². The fourth-order valence-electron chi connectivity index (χ4n) is 2.15. The minimum Gasteiger partial charge on any atom is -0.494 e. The summed E-state index contributed by atoms with van der Waals surface area (Å²) in [5, 5.41) is 2.53. The fourth-order valence-corrected chi connectivity index (χ4v) is 2.92. The Balaban J connectivity index is 1.80. The summed E-state index contributed by atoms with van der Waals surface area (Å²) in [6.07, 6.45) is 0.970. The summed E-state index contributed by atoms with van der Waals surface area (Å²) >= 11 is 7.12.